The molecule has 0 saturated heterocycles. The van der Waals surface area contributed by atoms with Gasteiger partial charge in [0.2, 0.25) is 0 Å². The highest BCUT2D eigenvalue weighted by Crippen LogP contribution is 2.29. The van der Waals surface area contributed by atoms with Gasteiger partial charge < -0.3 is 9.84 Å². The molecule has 0 aliphatic heterocycles. The average Bonchev–Trinajstić information content (AvgIpc) is 3.19. The van der Waals surface area contributed by atoms with Crippen molar-refractivity contribution >= 4 is 21.6 Å². The topological polar surface area (TPSA) is 89.3 Å². The third-order valence-corrected chi connectivity index (χ3v) is 6.33. The Hall–Kier alpha value is -2.15. The van der Waals surface area contributed by atoms with Gasteiger partial charge >= 0.3 is 0 Å². The number of nitrogens with zero attached hydrogens (tertiary/aromatic N) is 1. The maximum Gasteiger partial charge on any atom is 0.256 e. The van der Waals surface area contributed by atoms with Crippen LogP contribution in [0.25, 0.3) is 0 Å². The molecule has 1 aliphatic rings. The minimum absolute atomic E-state index is 0.276. The second kappa shape index (κ2) is 6.16. The van der Waals surface area contributed by atoms with E-state index in [0.29, 0.717) is 17.1 Å². The molecule has 1 N–H and O–H groups in total. The Kier molecular flexibility index (Phi) is 4.21. The Balaban J connectivity index is 1.75. The molecule has 0 unspecified atom stereocenters. The van der Waals surface area contributed by atoms with Crippen LogP contribution >= 0.6 is 0 Å². The highest BCUT2D eigenvalue weighted by atomic mass is 32.2. The summed E-state index contributed by atoms with van der Waals surface area (Å²) in [4.78, 5) is 12.4. The van der Waals surface area contributed by atoms with E-state index in [1.165, 1.54) is 24.3 Å². The number of carbonyl (C=O) groups is 1. The minimum Gasteiger partial charge on any atom is -0.360 e. The van der Waals surface area contributed by atoms with E-state index >= 15 is 0 Å². The molecule has 1 aromatic carbocycles. The van der Waals surface area contributed by atoms with E-state index in [2.05, 4.69) is 10.5 Å². The molecule has 1 aliphatic carbocycles. The van der Waals surface area contributed by atoms with E-state index in [0.717, 1.165) is 25.7 Å². The molecule has 1 amide bonds. The molecule has 1 fully saturated rings. The molecule has 2 aromatic rings. The normalized spacial score (nSPS) is 15.7. The summed E-state index contributed by atoms with van der Waals surface area (Å²) in [6.07, 6.45) is 3.36. The number of nitrogens with one attached hydrogen (secondary N) is 1. The molecule has 0 spiro atoms. The van der Waals surface area contributed by atoms with Crippen LogP contribution in [0.4, 0.5) is 5.82 Å². The van der Waals surface area contributed by atoms with Crippen molar-refractivity contribution in [3.05, 3.63) is 41.7 Å². The van der Waals surface area contributed by atoms with Crippen molar-refractivity contribution in [2.75, 3.05) is 5.32 Å². The van der Waals surface area contributed by atoms with Gasteiger partial charge in [0.1, 0.15) is 5.76 Å². The minimum atomic E-state index is -3.30. The molecule has 3 rings (SSSR count). The first-order chi connectivity index (χ1) is 11.0. The summed E-state index contributed by atoms with van der Waals surface area (Å²) in [6, 6.07) is 7.64. The highest BCUT2D eigenvalue weighted by molar-refractivity contribution is 7.92. The number of amides is 1. The SMILES string of the molecule is Cc1cc(NC(=O)c2ccc(S(=O)(=O)C3CCCC3)cc2)no1. The van der Waals surface area contributed by atoms with Gasteiger partial charge in [0.15, 0.2) is 15.7 Å². The summed E-state index contributed by atoms with van der Waals surface area (Å²) >= 11 is 0. The summed E-state index contributed by atoms with van der Waals surface area (Å²) in [5.41, 5.74) is 0.371. The summed E-state index contributed by atoms with van der Waals surface area (Å²) in [5, 5.41) is 6.00. The number of sulfone groups is 1. The Bertz CT molecular complexity index is 803. The Labute approximate surface area is 134 Å². The van der Waals surface area contributed by atoms with Crippen LogP contribution in [0.15, 0.2) is 39.8 Å². The van der Waals surface area contributed by atoms with E-state index in [9.17, 15) is 13.2 Å². The molecule has 122 valence electrons. The van der Waals surface area contributed by atoms with Crippen molar-refractivity contribution in [2.45, 2.75) is 42.8 Å². The van der Waals surface area contributed by atoms with E-state index < -0.39 is 9.84 Å². The third kappa shape index (κ3) is 3.29. The fraction of sp³-hybridized carbons (Fsp3) is 0.375. The summed E-state index contributed by atoms with van der Waals surface area (Å²) in [5.74, 6) is 0.566. The molecule has 1 heterocycles. The second-order valence-electron chi connectivity index (χ2n) is 5.75. The summed E-state index contributed by atoms with van der Waals surface area (Å²) in [6.45, 7) is 1.73. The van der Waals surface area contributed by atoms with Gasteiger partial charge in [-0.3, -0.25) is 4.79 Å². The molecule has 6 nitrogen and oxygen atoms in total. The van der Waals surface area contributed by atoms with Gasteiger partial charge in [-0.05, 0) is 44.0 Å². The number of aromatic nitrogens is 1. The van der Waals surface area contributed by atoms with Crippen molar-refractivity contribution in [3.8, 4) is 0 Å². The van der Waals surface area contributed by atoms with Crippen molar-refractivity contribution in [3.63, 3.8) is 0 Å². The zero-order chi connectivity index (χ0) is 16.4. The van der Waals surface area contributed by atoms with Crippen LogP contribution in [-0.4, -0.2) is 24.7 Å². The van der Waals surface area contributed by atoms with Gasteiger partial charge in [0.25, 0.3) is 5.91 Å². The fourth-order valence-corrected chi connectivity index (χ4v) is 4.66. The number of carbonyl (C=O) groups excluding carboxylic acids is 1. The standard InChI is InChI=1S/C16H18N2O4S/c1-11-10-15(18-22-11)17-16(19)12-6-8-14(9-7-12)23(20,21)13-4-2-3-5-13/h6-10,13H,2-5H2,1H3,(H,17,18,19). The third-order valence-electron chi connectivity index (χ3n) is 4.06. The molecule has 23 heavy (non-hydrogen) atoms. The smallest absolute Gasteiger partial charge is 0.256 e. The van der Waals surface area contributed by atoms with Crippen LogP contribution in [0.3, 0.4) is 0 Å². The number of anilines is 1. The van der Waals surface area contributed by atoms with E-state index in [4.69, 9.17) is 4.52 Å². The lowest BCUT2D eigenvalue weighted by Crippen LogP contribution is -2.18. The van der Waals surface area contributed by atoms with Gasteiger partial charge in [0.05, 0.1) is 10.1 Å². The number of aryl methyl sites for hydroxylation is 1. The summed E-state index contributed by atoms with van der Waals surface area (Å²) < 4.78 is 29.9. The van der Waals surface area contributed by atoms with Crippen LogP contribution in [0.2, 0.25) is 0 Å². The first-order valence-electron chi connectivity index (χ1n) is 7.55. The first-order valence-corrected chi connectivity index (χ1v) is 9.10. The predicted molar refractivity (Wildman–Crippen MR) is 85.1 cm³/mol. The number of hydrogen-bond donors (Lipinski definition) is 1. The number of rotatable bonds is 4. The lowest BCUT2D eigenvalue weighted by atomic mass is 10.2. The van der Waals surface area contributed by atoms with E-state index in [-0.39, 0.29) is 16.1 Å². The van der Waals surface area contributed by atoms with Crippen molar-refractivity contribution in [2.24, 2.45) is 0 Å². The van der Waals surface area contributed by atoms with Crippen LogP contribution in [0.5, 0.6) is 0 Å². The summed E-state index contributed by atoms with van der Waals surface area (Å²) in [7, 11) is -3.30. The predicted octanol–water partition coefficient (Wildman–Crippen LogP) is 2.95. The molecular weight excluding hydrogens is 316 g/mol. The lowest BCUT2D eigenvalue weighted by Gasteiger charge is -2.11. The Morgan fingerprint density at radius 2 is 1.87 bits per heavy atom. The molecule has 1 saturated carbocycles. The van der Waals surface area contributed by atoms with E-state index in [1.807, 2.05) is 0 Å². The van der Waals surface area contributed by atoms with Crippen molar-refractivity contribution in [1.29, 1.82) is 0 Å². The maximum atomic E-state index is 12.5. The van der Waals surface area contributed by atoms with Crippen LogP contribution in [0.1, 0.15) is 41.8 Å². The quantitative estimate of drug-likeness (QED) is 0.928. The highest BCUT2D eigenvalue weighted by Gasteiger charge is 2.30. The van der Waals surface area contributed by atoms with Crippen molar-refractivity contribution in [1.82, 2.24) is 5.16 Å². The van der Waals surface area contributed by atoms with Crippen LogP contribution in [-0.2, 0) is 9.84 Å². The van der Waals surface area contributed by atoms with Gasteiger partial charge in [0, 0.05) is 11.6 Å². The second-order valence-corrected chi connectivity index (χ2v) is 7.98. The number of benzene rings is 1. The fourth-order valence-electron chi connectivity index (χ4n) is 2.80. The Morgan fingerprint density at radius 1 is 1.22 bits per heavy atom. The lowest BCUT2D eigenvalue weighted by molar-refractivity contribution is 0.102. The molecule has 1 aromatic heterocycles. The molecule has 0 radical (unpaired) electrons. The van der Waals surface area contributed by atoms with Crippen LogP contribution < -0.4 is 5.32 Å². The van der Waals surface area contributed by atoms with Crippen molar-refractivity contribution < 1.29 is 17.7 Å². The zero-order valence-electron chi connectivity index (χ0n) is 12.8. The molecule has 0 bridgehead atoms. The van der Waals surface area contributed by atoms with Gasteiger partial charge in [-0.2, -0.15) is 0 Å². The van der Waals surface area contributed by atoms with Gasteiger partial charge in [-0.15, -0.1) is 0 Å². The molecule has 0 atom stereocenters. The number of hydrogen-bond acceptors (Lipinski definition) is 5. The van der Waals surface area contributed by atoms with Crippen LogP contribution in [0, 0.1) is 6.92 Å². The van der Waals surface area contributed by atoms with Gasteiger partial charge in [-0.25, -0.2) is 8.42 Å². The Morgan fingerprint density at radius 3 is 2.43 bits per heavy atom. The van der Waals surface area contributed by atoms with Gasteiger partial charge in [-0.1, -0.05) is 18.0 Å². The molecular formula is C16H18N2O4S. The monoisotopic (exact) mass is 334 g/mol. The zero-order valence-corrected chi connectivity index (χ0v) is 13.6. The first kappa shape index (κ1) is 15.7. The largest absolute Gasteiger partial charge is 0.360 e. The maximum absolute atomic E-state index is 12.5. The molecule has 7 heteroatoms. The average molecular weight is 334 g/mol. The van der Waals surface area contributed by atoms with E-state index in [1.54, 1.807) is 13.0 Å².